The molecule has 16 heavy (non-hydrogen) atoms. The van der Waals surface area contributed by atoms with Gasteiger partial charge in [-0.2, -0.15) is 15.0 Å². The maximum absolute atomic E-state index is 10.5. The van der Waals surface area contributed by atoms with Crippen molar-refractivity contribution in [1.82, 2.24) is 15.0 Å². The highest BCUT2D eigenvalue weighted by Crippen LogP contribution is 2.19. The molecule has 0 saturated heterocycles. The fourth-order valence-corrected chi connectivity index (χ4v) is 1.34. The normalized spacial score (nSPS) is 10.3. The molecule has 0 spiro atoms. The molecule has 0 atom stereocenters. The number of rotatable bonds is 3. The van der Waals surface area contributed by atoms with Crippen molar-refractivity contribution in [3.63, 3.8) is 0 Å². The van der Waals surface area contributed by atoms with E-state index in [-0.39, 0.29) is 5.69 Å². The maximum Gasteiger partial charge on any atom is 0.269 e. The minimum absolute atomic E-state index is 0.0756. The van der Waals surface area contributed by atoms with Crippen LogP contribution in [0.1, 0.15) is 6.92 Å². The van der Waals surface area contributed by atoms with Crippen molar-refractivity contribution in [2.45, 2.75) is 13.5 Å². The van der Waals surface area contributed by atoms with E-state index in [0.29, 0.717) is 6.54 Å². The minimum Gasteiger partial charge on any atom is -0.258 e. The number of aromatic nitrogens is 3. The Morgan fingerprint density at radius 2 is 2.06 bits per heavy atom. The first-order chi connectivity index (χ1) is 7.70. The molecular formula is C10H10N4O2. The SMILES string of the molecule is CCn1ncc(-c2ccc([N+](=O)[O-])cc2)n1. The number of non-ortho nitro benzene ring substituents is 1. The number of benzene rings is 1. The topological polar surface area (TPSA) is 73.8 Å². The van der Waals surface area contributed by atoms with Gasteiger partial charge in [-0.1, -0.05) is 0 Å². The molecule has 1 aromatic carbocycles. The van der Waals surface area contributed by atoms with Gasteiger partial charge >= 0.3 is 0 Å². The summed E-state index contributed by atoms with van der Waals surface area (Å²) in [6.45, 7) is 2.65. The summed E-state index contributed by atoms with van der Waals surface area (Å²) in [5, 5.41) is 18.7. The van der Waals surface area contributed by atoms with Crippen molar-refractivity contribution in [2.24, 2.45) is 0 Å². The molecule has 1 heterocycles. The Morgan fingerprint density at radius 1 is 1.38 bits per heavy atom. The Balaban J connectivity index is 2.30. The lowest BCUT2D eigenvalue weighted by Crippen LogP contribution is -1.97. The van der Waals surface area contributed by atoms with Gasteiger partial charge in [0.1, 0.15) is 5.69 Å². The van der Waals surface area contributed by atoms with E-state index in [1.54, 1.807) is 23.1 Å². The molecule has 6 nitrogen and oxygen atoms in total. The van der Waals surface area contributed by atoms with E-state index in [1.807, 2.05) is 6.92 Å². The summed E-state index contributed by atoms with van der Waals surface area (Å²) in [6.07, 6.45) is 1.64. The van der Waals surface area contributed by atoms with Crippen LogP contribution in [0.15, 0.2) is 30.5 Å². The van der Waals surface area contributed by atoms with Crippen molar-refractivity contribution in [3.05, 3.63) is 40.6 Å². The van der Waals surface area contributed by atoms with Gasteiger partial charge in [0.15, 0.2) is 0 Å². The van der Waals surface area contributed by atoms with E-state index in [9.17, 15) is 10.1 Å². The minimum atomic E-state index is -0.424. The van der Waals surface area contributed by atoms with Crippen LogP contribution in [-0.4, -0.2) is 19.9 Å². The number of hydrogen-bond acceptors (Lipinski definition) is 4. The lowest BCUT2D eigenvalue weighted by Gasteiger charge is -1.95. The summed E-state index contributed by atoms with van der Waals surface area (Å²) in [7, 11) is 0. The number of hydrogen-bond donors (Lipinski definition) is 0. The van der Waals surface area contributed by atoms with Crippen LogP contribution in [0.25, 0.3) is 11.3 Å². The number of aryl methyl sites for hydroxylation is 1. The lowest BCUT2D eigenvalue weighted by molar-refractivity contribution is -0.384. The Bertz CT molecular complexity index is 504. The van der Waals surface area contributed by atoms with Crippen LogP contribution < -0.4 is 0 Å². The van der Waals surface area contributed by atoms with Crippen LogP contribution in [0.2, 0.25) is 0 Å². The molecule has 2 rings (SSSR count). The molecule has 0 aliphatic carbocycles. The van der Waals surface area contributed by atoms with E-state index in [4.69, 9.17) is 0 Å². The van der Waals surface area contributed by atoms with Crippen LogP contribution in [0.4, 0.5) is 5.69 Å². The molecule has 0 radical (unpaired) electrons. The van der Waals surface area contributed by atoms with Crippen molar-refractivity contribution in [1.29, 1.82) is 0 Å². The van der Waals surface area contributed by atoms with E-state index in [0.717, 1.165) is 11.3 Å². The largest absolute Gasteiger partial charge is 0.269 e. The standard InChI is InChI=1S/C10H10N4O2/c1-2-13-11-7-10(12-13)8-3-5-9(6-4-8)14(15)16/h3-7H,2H2,1H3. The van der Waals surface area contributed by atoms with Crippen LogP contribution in [0.3, 0.4) is 0 Å². The molecular weight excluding hydrogens is 208 g/mol. The Labute approximate surface area is 91.7 Å². The fraction of sp³-hybridized carbons (Fsp3) is 0.200. The first-order valence-corrected chi connectivity index (χ1v) is 4.85. The summed E-state index contributed by atoms with van der Waals surface area (Å²) >= 11 is 0. The van der Waals surface area contributed by atoms with Crippen molar-refractivity contribution >= 4 is 5.69 Å². The third-order valence-corrected chi connectivity index (χ3v) is 2.19. The van der Waals surface area contributed by atoms with Crippen LogP contribution >= 0.6 is 0 Å². The molecule has 0 N–H and O–H groups in total. The Morgan fingerprint density at radius 3 is 2.56 bits per heavy atom. The molecule has 0 saturated carbocycles. The summed E-state index contributed by atoms with van der Waals surface area (Å²) in [5.74, 6) is 0. The highest BCUT2D eigenvalue weighted by Gasteiger charge is 2.07. The zero-order chi connectivity index (χ0) is 11.5. The lowest BCUT2D eigenvalue weighted by atomic mass is 10.1. The number of nitro benzene ring substituents is 1. The van der Waals surface area contributed by atoms with Gasteiger partial charge in [-0.25, -0.2) is 0 Å². The average molecular weight is 218 g/mol. The molecule has 6 heteroatoms. The van der Waals surface area contributed by atoms with Crippen LogP contribution in [0.5, 0.6) is 0 Å². The first-order valence-electron chi connectivity index (χ1n) is 4.85. The molecule has 82 valence electrons. The zero-order valence-corrected chi connectivity index (χ0v) is 8.70. The van der Waals surface area contributed by atoms with Crippen molar-refractivity contribution in [2.75, 3.05) is 0 Å². The zero-order valence-electron chi connectivity index (χ0n) is 8.70. The molecule has 2 aromatic rings. The number of nitrogens with zero attached hydrogens (tertiary/aromatic N) is 4. The average Bonchev–Trinajstić information content (AvgIpc) is 2.77. The van der Waals surface area contributed by atoms with Crippen molar-refractivity contribution < 1.29 is 4.92 Å². The molecule has 0 unspecified atom stereocenters. The van der Waals surface area contributed by atoms with E-state index in [2.05, 4.69) is 10.2 Å². The Hall–Kier alpha value is -2.24. The highest BCUT2D eigenvalue weighted by atomic mass is 16.6. The molecule has 1 aromatic heterocycles. The molecule has 0 fully saturated rings. The predicted octanol–water partition coefficient (Wildman–Crippen LogP) is 1.87. The predicted molar refractivity (Wildman–Crippen MR) is 57.8 cm³/mol. The van der Waals surface area contributed by atoms with E-state index < -0.39 is 4.92 Å². The van der Waals surface area contributed by atoms with Gasteiger partial charge in [0, 0.05) is 17.7 Å². The summed E-state index contributed by atoms with van der Waals surface area (Å²) in [5.41, 5.74) is 1.62. The maximum atomic E-state index is 10.5. The van der Waals surface area contributed by atoms with E-state index in [1.165, 1.54) is 12.1 Å². The molecule has 0 bridgehead atoms. The smallest absolute Gasteiger partial charge is 0.258 e. The Kier molecular flexibility index (Phi) is 2.63. The highest BCUT2D eigenvalue weighted by molar-refractivity contribution is 5.59. The van der Waals surface area contributed by atoms with Crippen molar-refractivity contribution in [3.8, 4) is 11.3 Å². The van der Waals surface area contributed by atoms with Gasteiger partial charge in [0.05, 0.1) is 17.7 Å². The quantitative estimate of drug-likeness (QED) is 0.582. The second-order valence-corrected chi connectivity index (χ2v) is 3.22. The second-order valence-electron chi connectivity index (χ2n) is 3.22. The third kappa shape index (κ3) is 1.90. The van der Waals surface area contributed by atoms with Crippen LogP contribution in [-0.2, 0) is 6.54 Å². The first kappa shape index (κ1) is 10.3. The van der Waals surface area contributed by atoms with E-state index >= 15 is 0 Å². The van der Waals surface area contributed by atoms with Gasteiger partial charge in [0.25, 0.3) is 5.69 Å². The van der Waals surface area contributed by atoms with Gasteiger partial charge in [-0.15, -0.1) is 0 Å². The molecule has 0 aliphatic rings. The second kappa shape index (κ2) is 4.09. The third-order valence-electron chi connectivity index (χ3n) is 2.19. The van der Waals surface area contributed by atoms with Crippen LogP contribution in [0, 0.1) is 10.1 Å². The van der Waals surface area contributed by atoms with Gasteiger partial charge in [-0.3, -0.25) is 10.1 Å². The molecule has 0 amide bonds. The number of nitro groups is 1. The monoisotopic (exact) mass is 218 g/mol. The summed E-state index contributed by atoms with van der Waals surface area (Å²) in [4.78, 5) is 11.6. The fourth-order valence-electron chi connectivity index (χ4n) is 1.34. The summed E-state index contributed by atoms with van der Waals surface area (Å²) in [6, 6.07) is 6.25. The van der Waals surface area contributed by atoms with Gasteiger partial charge < -0.3 is 0 Å². The summed E-state index contributed by atoms with van der Waals surface area (Å²) < 4.78 is 0. The van der Waals surface area contributed by atoms with Gasteiger partial charge in [0.2, 0.25) is 0 Å². The molecule has 0 aliphatic heterocycles. The van der Waals surface area contributed by atoms with Gasteiger partial charge in [-0.05, 0) is 19.1 Å².